The van der Waals surface area contributed by atoms with Gasteiger partial charge in [0.15, 0.2) is 0 Å². The summed E-state index contributed by atoms with van der Waals surface area (Å²) in [5.41, 5.74) is 3.36. The highest BCUT2D eigenvalue weighted by Crippen LogP contribution is 2.36. The summed E-state index contributed by atoms with van der Waals surface area (Å²) in [6, 6.07) is 8.18. The number of fused-ring (bicyclic) bond motifs is 1. The van der Waals surface area contributed by atoms with Crippen LogP contribution in [0.4, 0.5) is 0 Å². The molecule has 16 heavy (non-hydrogen) atoms. The topological polar surface area (TPSA) is 36.1 Å². The molecule has 0 unspecified atom stereocenters. The minimum absolute atomic E-state index is 0.000579. The second-order valence-corrected chi connectivity index (χ2v) is 4.28. The molecule has 1 aromatic carbocycles. The highest BCUT2D eigenvalue weighted by atomic mass is 14.8. The number of aliphatic imine (C=N–C) groups is 1. The third-order valence-electron chi connectivity index (χ3n) is 2.71. The van der Waals surface area contributed by atoms with Crippen LogP contribution in [0.2, 0.25) is 0 Å². The molecule has 1 aliphatic carbocycles. The van der Waals surface area contributed by atoms with Crippen molar-refractivity contribution in [3.05, 3.63) is 35.4 Å². The molecule has 0 radical (unpaired) electrons. The molecule has 0 saturated heterocycles. The normalized spacial score (nSPS) is 18.3. The van der Waals surface area contributed by atoms with Gasteiger partial charge in [-0.3, -0.25) is 0 Å². The molecule has 0 aromatic heterocycles. The lowest BCUT2D eigenvalue weighted by Crippen LogP contribution is -2.20. The lowest BCUT2D eigenvalue weighted by atomic mass is 9.88. The molecule has 0 N–H and O–H groups in total. The Labute approximate surface area is 97.6 Å². The van der Waals surface area contributed by atoms with E-state index in [2.05, 4.69) is 24.9 Å². The lowest BCUT2D eigenvalue weighted by molar-refractivity contribution is 0.540. The molecule has 1 aliphatic rings. The average Bonchev–Trinajstić information content (AvgIpc) is 2.54. The van der Waals surface area contributed by atoms with Crippen molar-refractivity contribution < 1.29 is 0 Å². The maximum absolute atomic E-state index is 8.65. The van der Waals surface area contributed by atoms with E-state index in [-0.39, 0.29) is 5.41 Å². The van der Waals surface area contributed by atoms with E-state index in [1.54, 1.807) is 0 Å². The van der Waals surface area contributed by atoms with Crippen LogP contribution in [0, 0.1) is 16.9 Å². The highest BCUT2D eigenvalue weighted by Gasteiger charge is 2.34. The minimum atomic E-state index is -0.000579. The Balaban J connectivity index is 0.000000606. The van der Waals surface area contributed by atoms with Crippen LogP contribution < -0.4 is 0 Å². The summed E-state index contributed by atoms with van der Waals surface area (Å²) in [6.07, 6.45) is 2.87. The van der Waals surface area contributed by atoms with E-state index >= 15 is 0 Å². The molecule has 1 aromatic rings. The molecular formula is C14H18N2. The zero-order chi connectivity index (χ0) is 12.2. The Morgan fingerprint density at radius 3 is 2.50 bits per heavy atom. The maximum atomic E-state index is 8.65. The van der Waals surface area contributed by atoms with E-state index in [4.69, 9.17) is 5.26 Å². The molecule has 0 spiro atoms. The fourth-order valence-electron chi connectivity index (χ4n) is 2.09. The summed E-state index contributed by atoms with van der Waals surface area (Å²) >= 11 is 0. The molecule has 2 rings (SSSR count). The summed E-state index contributed by atoms with van der Waals surface area (Å²) in [6.45, 7) is 8.26. The summed E-state index contributed by atoms with van der Waals surface area (Å²) < 4.78 is 0. The van der Waals surface area contributed by atoms with Crippen LogP contribution in [0.15, 0.2) is 29.3 Å². The minimum Gasteiger partial charge on any atom is -0.177 e. The smallest absolute Gasteiger partial charge is 0.177 e. The Kier molecular flexibility index (Phi) is 3.84. The molecule has 0 amide bonds. The fourth-order valence-corrected chi connectivity index (χ4v) is 2.09. The third kappa shape index (κ3) is 2.14. The van der Waals surface area contributed by atoms with Crippen molar-refractivity contribution in [2.45, 2.75) is 34.1 Å². The van der Waals surface area contributed by atoms with E-state index < -0.39 is 0 Å². The van der Waals surface area contributed by atoms with Crippen LogP contribution in [-0.4, -0.2) is 5.71 Å². The van der Waals surface area contributed by atoms with Gasteiger partial charge in [0.05, 0.1) is 5.71 Å². The Bertz CT molecular complexity index is 436. The largest absolute Gasteiger partial charge is 0.205 e. The van der Waals surface area contributed by atoms with E-state index in [0.29, 0.717) is 0 Å². The molecule has 2 nitrogen and oxygen atoms in total. The number of nitrogens with zero attached hydrogens (tertiary/aromatic N) is 2. The number of hydrogen-bond donors (Lipinski definition) is 0. The van der Waals surface area contributed by atoms with Crippen molar-refractivity contribution in [2.75, 3.05) is 0 Å². The first-order valence-corrected chi connectivity index (χ1v) is 5.71. The van der Waals surface area contributed by atoms with Crippen molar-refractivity contribution in [1.82, 2.24) is 0 Å². The van der Waals surface area contributed by atoms with Gasteiger partial charge in [-0.1, -0.05) is 52.0 Å². The van der Waals surface area contributed by atoms with Gasteiger partial charge in [-0.2, -0.15) is 10.3 Å². The van der Waals surface area contributed by atoms with Gasteiger partial charge >= 0.3 is 0 Å². The van der Waals surface area contributed by atoms with Gasteiger partial charge in [0.1, 0.15) is 0 Å². The highest BCUT2D eigenvalue weighted by molar-refractivity contribution is 6.08. The molecular weight excluding hydrogens is 196 g/mol. The molecule has 0 aliphatic heterocycles. The number of nitriles is 1. The summed E-state index contributed by atoms with van der Waals surface area (Å²) in [5.74, 6) is 0. The first kappa shape index (κ1) is 12.4. The predicted molar refractivity (Wildman–Crippen MR) is 67.4 cm³/mol. The fraction of sp³-hybridized carbons (Fsp3) is 0.429. The van der Waals surface area contributed by atoms with Crippen LogP contribution in [-0.2, 0) is 6.42 Å². The zero-order valence-corrected chi connectivity index (χ0v) is 10.4. The second-order valence-electron chi connectivity index (χ2n) is 4.28. The van der Waals surface area contributed by atoms with Crippen molar-refractivity contribution >= 4 is 5.71 Å². The van der Waals surface area contributed by atoms with Gasteiger partial charge in [0.25, 0.3) is 0 Å². The van der Waals surface area contributed by atoms with Crippen molar-refractivity contribution in [2.24, 2.45) is 10.4 Å². The molecule has 84 valence electrons. The monoisotopic (exact) mass is 214 g/mol. The zero-order valence-electron chi connectivity index (χ0n) is 10.4. The summed E-state index contributed by atoms with van der Waals surface area (Å²) in [5, 5.41) is 8.65. The average molecular weight is 214 g/mol. The predicted octanol–water partition coefficient (Wildman–Crippen LogP) is 3.57. The SMILES string of the molecule is CC.CC1(C)Cc2ccccc2C1=NC#N. The third-order valence-corrected chi connectivity index (χ3v) is 2.71. The van der Waals surface area contributed by atoms with Gasteiger partial charge in [-0.25, -0.2) is 0 Å². The van der Waals surface area contributed by atoms with E-state index in [1.165, 1.54) is 5.56 Å². The van der Waals surface area contributed by atoms with Crippen molar-refractivity contribution in [3.63, 3.8) is 0 Å². The Morgan fingerprint density at radius 2 is 1.88 bits per heavy atom. The van der Waals surface area contributed by atoms with Crippen LogP contribution >= 0.6 is 0 Å². The van der Waals surface area contributed by atoms with Crippen LogP contribution in [0.25, 0.3) is 0 Å². The van der Waals surface area contributed by atoms with Gasteiger partial charge in [0, 0.05) is 11.0 Å². The van der Waals surface area contributed by atoms with Gasteiger partial charge < -0.3 is 0 Å². The standard InChI is InChI=1S/C12H12N2.C2H6/c1-12(2)7-9-5-3-4-6-10(9)11(12)14-8-13;1-2/h3-6H,7H2,1-2H3;1-2H3. The van der Waals surface area contributed by atoms with Crippen molar-refractivity contribution in [1.29, 1.82) is 5.26 Å². The molecule has 0 bridgehead atoms. The maximum Gasteiger partial charge on any atom is 0.205 e. The molecule has 0 fully saturated rings. The first-order valence-electron chi connectivity index (χ1n) is 5.71. The second kappa shape index (κ2) is 4.94. The van der Waals surface area contributed by atoms with Crippen LogP contribution in [0.5, 0.6) is 0 Å². The number of rotatable bonds is 0. The van der Waals surface area contributed by atoms with Gasteiger partial charge in [-0.15, -0.1) is 0 Å². The van der Waals surface area contributed by atoms with E-state index in [0.717, 1.165) is 17.7 Å². The van der Waals surface area contributed by atoms with Crippen molar-refractivity contribution in [3.8, 4) is 6.19 Å². The molecule has 2 heteroatoms. The van der Waals surface area contributed by atoms with Gasteiger partial charge in [0.2, 0.25) is 6.19 Å². The first-order chi connectivity index (χ1) is 7.65. The Morgan fingerprint density at radius 1 is 1.25 bits per heavy atom. The molecule has 0 atom stereocenters. The molecule has 0 heterocycles. The van der Waals surface area contributed by atoms with E-state index in [9.17, 15) is 0 Å². The van der Waals surface area contributed by atoms with Gasteiger partial charge in [-0.05, 0) is 12.0 Å². The van der Waals surface area contributed by atoms with Crippen LogP contribution in [0.1, 0.15) is 38.8 Å². The summed E-state index contributed by atoms with van der Waals surface area (Å²) in [7, 11) is 0. The molecule has 0 saturated carbocycles. The van der Waals surface area contributed by atoms with E-state index in [1.807, 2.05) is 38.2 Å². The lowest BCUT2D eigenvalue weighted by Gasteiger charge is -2.16. The Hall–Kier alpha value is -1.62. The quantitative estimate of drug-likeness (QED) is 0.608. The summed E-state index contributed by atoms with van der Waals surface area (Å²) in [4.78, 5) is 3.94. The number of hydrogen-bond acceptors (Lipinski definition) is 2. The number of benzene rings is 1. The van der Waals surface area contributed by atoms with Crippen LogP contribution in [0.3, 0.4) is 0 Å².